The summed E-state index contributed by atoms with van der Waals surface area (Å²) in [6.07, 6.45) is 1.24. The minimum atomic E-state index is 0.400. The van der Waals surface area contributed by atoms with Gasteiger partial charge >= 0.3 is 0 Å². The maximum Gasteiger partial charge on any atom is 0.0515 e. The summed E-state index contributed by atoms with van der Waals surface area (Å²) in [6.45, 7) is 7.72. The van der Waals surface area contributed by atoms with E-state index in [-0.39, 0.29) is 0 Å². The fourth-order valence-corrected chi connectivity index (χ4v) is 3.20. The first-order valence-electron chi connectivity index (χ1n) is 8.48. The Morgan fingerprint density at radius 3 is 2.59 bits per heavy atom. The highest BCUT2D eigenvalue weighted by molar-refractivity contribution is 5.20. The molecule has 3 atom stereocenters. The molecule has 1 aromatic carbocycles. The van der Waals surface area contributed by atoms with Gasteiger partial charge in [-0.05, 0) is 32.0 Å². The van der Waals surface area contributed by atoms with Crippen molar-refractivity contribution in [3.05, 3.63) is 35.9 Å². The highest BCUT2D eigenvalue weighted by Crippen LogP contribution is 2.24. The maximum atomic E-state index is 3.69. The number of nitrogens with one attached hydrogen (secondary N) is 3. The summed E-state index contributed by atoms with van der Waals surface area (Å²) >= 11 is 0. The molecule has 1 saturated heterocycles. The van der Waals surface area contributed by atoms with Gasteiger partial charge in [-0.1, -0.05) is 44.2 Å². The van der Waals surface area contributed by atoms with Crippen LogP contribution in [0.1, 0.15) is 31.9 Å². The molecule has 0 amide bonds. The van der Waals surface area contributed by atoms with E-state index in [4.69, 9.17) is 0 Å². The lowest BCUT2D eigenvalue weighted by atomic mass is 9.94. The van der Waals surface area contributed by atoms with Gasteiger partial charge in [0.25, 0.3) is 0 Å². The Labute approximate surface area is 135 Å². The average Bonchev–Trinajstić information content (AvgIpc) is 2.95. The lowest BCUT2D eigenvalue weighted by Gasteiger charge is -2.27. The molecular formula is C18H32N4. The van der Waals surface area contributed by atoms with Gasteiger partial charge in [0.15, 0.2) is 0 Å². The Morgan fingerprint density at radius 1 is 1.23 bits per heavy atom. The van der Waals surface area contributed by atoms with Gasteiger partial charge in [-0.25, -0.2) is 5.43 Å². The van der Waals surface area contributed by atoms with Gasteiger partial charge in [-0.2, -0.15) is 0 Å². The van der Waals surface area contributed by atoms with Gasteiger partial charge in [0.2, 0.25) is 0 Å². The number of benzene rings is 1. The second-order valence-electron chi connectivity index (χ2n) is 7.08. The topological polar surface area (TPSA) is 39.3 Å². The van der Waals surface area contributed by atoms with E-state index in [1.807, 2.05) is 0 Å². The molecule has 3 N–H and O–H groups in total. The van der Waals surface area contributed by atoms with Gasteiger partial charge < -0.3 is 10.2 Å². The van der Waals surface area contributed by atoms with Crippen LogP contribution < -0.4 is 16.2 Å². The van der Waals surface area contributed by atoms with Crippen molar-refractivity contribution in [2.45, 2.75) is 32.4 Å². The molecule has 22 heavy (non-hydrogen) atoms. The summed E-state index contributed by atoms with van der Waals surface area (Å²) in [5.74, 6) is 1.32. The van der Waals surface area contributed by atoms with Gasteiger partial charge in [0.1, 0.15) is 0 Å². The average molecular weight is 304 g/mol. The molecule has 1 aromatic rings. The second-order valence-corrected chi connectivity index (χ2v) is 7.08. The largest absolute Gasteiger partial charge is 0.315 e. The van der Waals surface area contributed by atoms with Crippen molar-refractivity contribution in [1.82, 2.24) is 21.1 Å². The molecule has 1 aliphatic rings. The summed E-state index contributed by atoms with van der Waals surface area (Å²) in [4.78, 5) is 2.34. The standard InChI is InChI=1S/C18H32N4/c1-14(2)10-17(22(3)4)13-19-11-16-12-20-21-18(16)15-8-6-5-7-9-15/h5-9,14,16-21H,10-13H2,1-4H3. The summed E-state index contributed by atoms with van der Waals surface area (Å²) in [7, 11) is 4.36. The third kappa shape index (κ3) is 5.06. The molecule has 0 spiro atoms. The molecular weight excluding hydrogens is 272 g/mol. The van der Waals surface area contributed by atoms with Crippen LogP contribution in [0, 0.1) is 11.8 Å². The molecule has 1 fully saturated rings. The molecule has 1 aliphatic heterocycles. The highest BCUT2D eigenvalue weighted by atomic mass is 15.4. The quantitative estimate of drug-likeness (QED) is 0.687. The molecule has 1 heterocycles. The van der Waals surface area contributed by atoms with E-state index in [9.17, 15) is 0 Å². The Kier molecular flexibility index (Phi) is 6.83. The predicted octanol–water partition coefficient (Wildman–Crippen LogP) is 2.02. The number of nitrogens with zero attached hydrogens (tertiary/aromatic N) is 1. The number of hydrazine groups is 1. The molecule has 0 radical (unpaired) electrons. The smallest absolute Gasteiger partial charge is 0.0515 e. The first-order chi connectivity index (χ1) is 10.6. The zero-order valence-electron chi connectivity index (χ0n) is 14.5. The van der Waals surface area contributed by atoms with Gasteiger partial charge in [0, 0.05) is 31.6 Å². The monoisotopic (exact) mass is 304 g/mol. The molecule has 2 rings (SSSR count). The Morgan fingerprint density at radius 2 is 1.95 bits per heavy atom. The van der Waals surface area contributed by atoms with E-state index >= 15 is 0 Å². The molecule has 4 nitrogen and oxygen atoms in total. The maximum absolute atomic E-state index is 3.69. The second kappa shape index (κ2) is 8.63. The van der Waals surface area contributed by atoms with Crippen LogP contribution in [0.25, 0.3) is 0 Å². The zero-order valence-corrected chi connectivity index (χ0v) is 14.5. The van der Waals surface area contributed by atoms with E-state index in [1.54, 1.807) is 0 Å². The van der Waals surface area contributed by atoms with Gasteiger partial charge in [0.05, 0.1) is 6.04 Å². The number of hydrogen-bond acceptors (Lipinski definition) is 4. The van der Waals surface area contributed by atoms with Crippen LogP contribution in [0.4, 0.5) is 0 Å². The van der Waals surface area contributed by atoms with Crippen molar-refractivity contribution in [1.29, 1.82) is 0 Å². The molecule has 0 aromatic heterocycles. The van der Waals surface area contributed by atoms with E-state index in [1.165, 1.54) is 12.0 Å². The van der Waals surface area contributed by atoms with Crippen molar-refractivity contribution in [2.24, 2.45) is 11.8 Å². The van der Waals surface area contributed by atoms with E-state index in [2.05, 4.69) is 79.3 Å². The van der Waals surface area contributed by atoms with Gasteiger partial charge in [-0.3, -0.25) is 5.43 Å². The first kappa shape index (κ1) is 17.4. The van der Waals surface area contributed by atoms with Crippen LogP contribution in [0.2, 0.25) is 0 Å². The molecule has 124 valence electrons. The van der Waals surface area contributed by atoms with Crippen molar-refractivity contribution in [2.75, 3.05) is 33.7 Å². The number of rotatable bonds is 8. The highest BCUT2D eigenvalue weighted by Gasteiger charge is 2.27. The molecule has 0 aliphatic carbocycles. The van der Waals surface area contributed by atoms with Crippen LogP contribution in [0.5, 0.6) is 0 Å². The predicted molar refractivity (Wildman–Crippen MR) is 93.6 cm³/mol. The van der Waals surface area contributed by atoms with Crippen LogP contribution in [0.3, 0.4) is 0 Å². The van der Waals surface area contributed by atoms with Crippen LogP contribution in [-0.4, -0.2) is 44.7 Å². The van der Waals surface area contributed by atoms with Crippen molar-refractivity contribution >= 4 is 0 Å². The van der Waals surface area contributed by atoms with Crippen LogP contribution in [-0.2, 0) is 0 Å². The van der Waals surface area contributed by atoms with E-state index < -0.39 is 0 Å². The minimum Gasteiger partial charge on any atom is -0.315 e. The Bertz CT molecular complexity index is 418. The summed E-state index contributed by atoms with van der Waals surface area (Å²) in [5.41, 5.74) is 8.10. The van der Waals surface area contributed by atoms with Crippen molar-refractivity contribution in [3.63, 3.8) is 0 Å². The Balaban J connectivity index is 1.82. The summed E-state index contributed by atoms with van der Waals surface area (Å²) in [5, 5.41) is 3.69. The third-order valence-corrected chi connectivity index (χ3v) is 4.51. The third-order valence-electron chi connectivity index (χ3n) is 4.51. The van der Waals surface area contributed by atoms with E-state index in [0.717, 1.165) is 25.6 Å². The summed E-state index contributed by atoms with van der Waals surface area (Å²) in [6, 6.07) is 11.7. The molecule has 0 bridgehead atoms. The fraction of sp³-hybridized carbons (Fsp3) is 0.667. The molecule has 4 heteroatoms. The normalized spacial score (nSPS) is 23.4. The number of hydrogen-bond donors (Lipinski definition) is 3. The van der Waals surface area contributed by atoms with Crippen molar-refractivity contribution in [3.8, 4) is 0 Å². The molecule has 3 unspecified atom stereocenters. The Hall–Kier alpha value is -0.940. The minimum absolute atomic E-state index is 0.400. The summed E-state index contributed by atoms with van der Waals surface area (Å²) < 4.78 is 0. The zero-order chi connectivity index (χ0) is 15.9. The lowest BCUT2D eigenvalue weighted by molar-refractivity contribution is 0.243. The van der Waals surface area contributed by atoms with Crippen molar-refractivity contribution < 1.29 is 0 Å². The molecule has 0 saturated carbocycles. The van der Waals surface area contributed by atoms with Crippen LogP contribution >= 0.6 is 0 Å². The first-order valence-corrected chi connectivity index (χ1v) is 8.48. The van der Waals surface area contributed by atoms with Crippen LogP contribution in [0.15, 0.2) is 30.3 Å². The SMILES string of the molecule is CC(C)CC(CNCC1CNNC1c1ccccc1)N(C)C. The lowest BCUT2D eigenvalue weighted by Crippen LogP contribution is -2.41. The fourth-order valence-electron chi connectivity index (χ4n) is 3.20. The number of likely N-dealkylation sites (N-methyl/N-ethyl adjacent to an activating group) is 1. The van der Waals surface area contributed by atoms with E-state index in [0.29, 0.717) is 18.0 Å². The van der Waals surface area contributed by atoms with Gasteiger partial charge in [-0.15, -0.1) is 0 Å².